The van der Waals surface area contributed by atoms with Crippen LogP contribution in [-0.2, 0) is 21.7 Å². The standard InChI is InChI=1S/C15H15BrClN3O4S/c1-20-9-10(16)8-13(20)15(22)19-18-14(21)6-7-25(23,24)12-4-2-11(17)3-5-12/h2-5,8-9H,6-7H2,1H3,(H,18,21)(H,19,22). The summed E-state index contributed by atoms with van der Waals surface area (Å²) in [6.45, 7) is 0. The van der Waals surface area contributed by atoms with Gasteiger partial charge in [0.2, 0.25) is 5.91 Å². The molecule has 0 unspecified atom stereocenters. The quantitative estimate of drug-likeness (QED) is 0.684. The van der Waals surface area contributed by atoms with E-state index in [2.05, 4.69) is 26.8 Å². The molecule has 0 radical (unpaired) electrons. The van der Waals surface area contributed by atoms with E-state index in [1.54, 1.807) is 23.9 Å². The lowest BCUT2D eigenvalue weighted by molar-refractivity contribution is -0.121. The van der Waals surface area contributed by atoms with Crippen molar-refractivity contribution in [1.82, 2.24) is 15.4 Å². The highest BCUT2D eigenvalue weighted by atomic mass is 79.9. The molecule has 1 heterocycles. The first-order chi connectivity index (χ1) is 11.7. The summed E-state index contributed by atoms with van der Waals surface area (Å²) in [4.78, 5) is 23.8. The first-order valence-electron chi connectivity index (χ1n) is 7.08. The third-order valence-electron chi connectivity index (χ3n) is 3.29. The van der Waals surface area contributed by atoms with Gasteiger partial charge in [-0.1, -0.05) is 11.6 Å². The van der Waals surface area contributed by atoms with Gasteiger partial charge < -0.3 is 4.57 Å². The molecule has 7 nitrogen and oxygen atoms in total. The van der Waals surface area contributed by atoms with Crippen molar-refractivity contribution in [3.63, 3.8) is 0 Å². The Balaban J connectivity index is 1.87. The Morgan fingerprint density at radius 3 is 2.40 bits per heavy atom. The number of carbonyl (C=O) groups excluding carboxylic acids is 2. The maximum atomic E-state index is 12.1. The van der Waals surface area contributed by atoms with Gasteiger partial charge in [0, 0.05) is 29.2 Å². The van der Waals surface area contributed by atoms with E-state index in [1.165, 1.54) is 24.3 Å². The molecule has 0 fully saturated rings. The Morgan fingerprint density at radius 1 is 1.20 bits per heavy atom. The highest BCUT2D eigenvalue weighted by Crippen LogP contribution is 2.16. The average molecular weight is 449 g/mol. The van der Waals surface area contributed by atoms with Crippen molar-refractivity contribution >= 4 is 49.2 Å². The number of rotatable bonds is 5. The fourth-order valence-corrected chi connectivity index (χ4v) is 3.88. The number of amides is 2. The van der Waals surface area contributed by atoms with Crippen LogP contribution in [0.5, 0.6) is 0 Å². The summed E-state index contributed by atoms with van der Waals surface area (Å²) < 4.78 is 26.6. The number of halogens is 2. The second-order valence-electron chi connectivity index (χ2n) is 5.18. The molecular formula is C15H15BrClN3O4S. The lowest BCUT2D eigenvalue weighted by Gasteiger charge is -2.08. The van der Waals surface area contributed by atoms with Gasteiger partial charge in [-0.25, -0.2) is 8.42 Å². The van der Waals surface area contributed by atoms with Crippen LogP contribution in [0.2, 0.25) is 5.02 Å². The Kier molecular flexibility index (Phi) is 6.26. The van der Waals surface area contributed by atoms with Crippen LogP contribution in [0, 0.1) is 0 Å². The van der Waals surface area contributed by atoms with Crippen LogP contribution < -0.4 is 10.9 Å². The number of hydrazine groups is 1. The van der Waals surface area contributed by atoms with E-state index in [0.717, 1.165) is 4.47 Å². The highest BCUT2D eigenvalue weighted by molar-refractivity contribution is 9.10. The summed E-state index contributed by atoms with van der Waals surface area (Å²) in [5, 5.41) is 0.423. The van der Waals surface area contributed by atoms with Crippen LogP contribution >= 0.6 is 27.5 Å². The number of nitrogens with zero attached hydrogens (tertiary/aromatic N) is 1. The minimum Gasteiger partial charge on any atom is -0.345 e. The summed E-state index contributed by atoms with van der Waals surface area (Å²) in [6.07, 6.45) is 1.40. The minimum atomic E-state index is -3.61. The molecule has 10 heteroatoms. The number of sulfone groups is 1. The second kappa shape index (κ2) is 8.03. The third-order valence-corrected chi connectivity index (χ3v) is 5.71. The van der Waals surface area contributed by atoms with E-state index >= 15 is 0 Å². The van der Waals surface area contributed by atoms with Crippen molar-refractivity contribution in [3.8, 4) is 0 Å². The second-order valence-corrected chi connectivity index (χ2v) is 8.64. The SMILES string of the molecule is Cn1cc(Br)cc1C(=O)NNC(=O)CCS(=O)(=O)c1ccc(Cl)cc1. The van der Waals surface area contributed by atoms with E-state index in [0.29, 0.717) is 10.7 Å². The Hall–Kier alpha value is -1.84. The van der Waals surface area contributed by atoms with Crippen LogP contribution in [0.15, 0.2) is 45.9 Å². The predicted octanol–water partition coefficient (Wildman–Crippen LogP) is 2.07. The molecule has 2 amide bonds. The molecule has 0 bridgehead atoms. The van der Waals surface area contributed by atoms with Gasteiger partial charge in [0.1, 0.15) is 5.69 Å². The molecule has 25 heavy (non-hydrogen) atoms. The summed E-state index contributed by atoms with van der Waals surface area (Å²) in [5.41, 5.74) is 4.78. The maximum Gasteiger partial charge on any atom is 0.286 e. The van der Waals surface area contributed by atoms with Gasteiger partial charge in [0.05, 0.1) is 10.6 Å². The van der Waals surface area contributed by atoms with Crippen LogP contribution in [0.3, 0.4) is 0 Å². The van der Waals surface area contributed by atoms with Gasteiger partial charge >= 0.3 is 0 Å². The summed E-state index contributed by atoms with van der Waals surface area (Å²) in [7, 11) is -1.93. The van der Waals surface area contributed by atoms with Crippen molar-refractivity contribution in [2.45, 2.75) is 11.3 Å². The van der Waals surface area contributed by atoms with Gasteiger partial charge in [-0.05, 0) is 46.3 Å². The van der Waals surface area contributed by atoms with Crippen molar-refractivity contribution < 1.29 is 18.0 Å². The van der Waals surface area contributed by atoms with Crippen LogP contribution in [0.4, 0.5) is 0 Å². The van der Waals surface area contributed by atoms with E-state index < -0.39 is 21.7 Å². The Labute approximate surface area is 158 Å². The molecule has 2 aromatic rings. The largest absolute Gasteiger partial charge is 0.345 e. The van der Waals surface area contributed by atoms with E-state index in [-0.39, 0.29) is 17.1 Å². The van der Waals surface area contributed by atoms with Crippen molar-refractivity contribution in [1.29, 1.82) is 0 Å². The minimum absolute atomic E-state index is 0.0856. The van der Waals surface area contributed by atoms with Crippen molar-refractivity contribution in [2.75, 3.05) is 5.75 Å². The Morgan fingerprint density at radius 2 is 1.84 bits per heavy atom. The molecule has 0 saturated carbocycles. The number of aryl methyl sites for hydroxylation is 1. The molecule has 134 valence electrons. The molecule has 2 rings (SSSR count). The molecule has 0 aliphatic rings. The summed E-state index contributed by atoms with van der Waals surface area (Å²) >= 11 is 8.96. The predicted molar refractivity (Wildman–Crippen MR) is 96.8 cm³/mol. The smallest absolute Gasteiger partial charge is 0.286 e. The molecule has 1 aromatic carbocycles. The number of aromatic nitrogens is 1. The fraction of sp³-hybridized carbons (Fsp3) is 0.200. The molecule has 1 aromatic heterocycles. The number of carbonyl (C=O) groups is 2. The molecule has 0 spiro atoms. The normalized spacial score (nSPS) is 11.2. The lowest BCUT2D eigenvalue weighted by Crippen LogP contribution is -2.42. The molecule has 2 N–H and O–H groups in total. The average Bonchev–Trinajstić information content (AvgIpc) is 2.89. The van der Waals surface area contributed by atoms with Crippen LogP contribution in [0.1, 0.15) is 16.9 Å². The number of hydrogen-bond acceptors (Lipinski definition) is 4. The molecule has 0 atom stereocenters. The monoisotopic (exact) mass is 447 g/mol. The first kappa shape index (κ1) is 19.5. The zero-order valence-electron chi connectivity index (χ0n) is 13.1. The zero-order chi connectivity index (χ0) is 18.6. The van der Waals surface area contributed by atoms with E-state index in [4.69, 9.17) is 11.6 Å². The highest BCUT2D eigenvalue weighted by Gasteiger charge is 2.17. The number of hydrogen-bond donors (Lipinski definition) is 2. The molecule has 0 saturated heterocycles. The maximum absolute atomic E-state index is 12.1. The zero-order valence-corrected chi connectivity index (χ0v) is 16.3. The van der Waals surface area contributed by atoms with Gasteiger partial charge in [-0.3, -0.25) is 20.4 Å². The molecular weight excluding hydrogens is 434 g/mol. The first-order valence-corrected chi connectivity index (χ1v) is 9.91. The van der Waals surface area contributed by atoms with Gasteiger partial charge in [0.25, 0.3) is 5.91 Å². The number of nitrogens with one attached hydrogen (secondary N) is 2. The van der Waals surface area contributed by atoms with Crippen LogP contribution in [-0.4, -0.2) is 30.6 Å². The lowest BCUT2D eigenvalue weighted by atomic mass is 10.4. The van der Waals surface area contributed by atoms with Crippen LogP contribution in [0.25, 0.3) is 0 Å². The topological polar surface area (TPSA) is 97.3 Å². The van der Waals surface area contributed by atoms with E-state index in [9.17, 15) is 18.0 Å². The van der Waals surface area contributed by atoms with Gasteiger partial charge in [0.15, 0.2) is 9.84 Å². The summed E-state index contributed by atoms with van der Waals surface area (Å²) in [6, 6.07) is 7.28. The van der Waals surface area contributed by atoms with E-state index in [1.807, 2.05) is 0 Å². The molecule has 0 aliphatic carbocycles. The third kappa shape index (κ3) is 5.32. The Bertz CT molecular complexity index is 894. The number of benzene rings is 1. The molecule has 0 aliphatic heterocycles. The van der Waals surface area contributed by atoms with Gasteiger partial charge in [-0.2, -0.15) is 0 Å². The summed E-state index contributed by atoms with van der Waals surface area (Å²) in [5.74, 6) is -1.51. The fourth-order valence-electron chi connectivity index (χ4n) is 1.99. The van der Waals surface area contributed by atoms with Gasteiger partial charge in [-0.15, -0.1) is 0 Å². The van der Waals surface area contributed by atoms with Crippen molar-refractivity contribution in [3.05, 3.63) is 51.7 Å². The van der Waals surface area contributed by atoms with Crippen molar-refractivity contribution in [2.24, 2.45) is 7.05 Å².